The predicted molar refractivity (Wildman–Crippen MR) is 40.9 cm³/mol. The number of hydrogen-bond acceptors (Lipinski definition) is 2. The summed E-state index contributed by atoms with van der Waals surface area (Å²) in [5, 5.41) is 8.86. The molecule has 0 radical (unpaired) electrons. The zero-order chi connectivity index (χ0) is 7.73. The molecule has 0 aromatic rings. The summed E-state index contributed by atoms with van der Waals surface area (Å²) in [6, 6.07) is 2.37. The summed E-state index contributed by atoms with van der Waals surface area (Å²) in [4.78, 5) is 0. The van der Waals surface area contributed by atoms with Crippen LogP contribution in [0.3, 0.4) is 0 Å². The van der Waals surface area contributed by atoms with Crippen molar-refractivity contribution in [3.8, 4) is 6.07 Å². The van der Waals surface area contributed by atoms with Crippen LogP contribution in [0, 0.1) is 17.2 Å². The summed E-state index contributed by atoms with van der Waals surface area (Å²) in [7, 11) is 0. The number of nitrogens with zero attached hydrogens (tertiary/aromatic N) is 1. The third-order valence-electron chi connectivity index (χ3n) is 3.04. The first kappa shape index (κ1) is 7.12. The quantitative estimate of drug-likeness (QED) is 0.529. The largest absolute Gasteiger partial charge is 0.374 e. The zero-order valence-corrected chi connectivity index (χ0v) is 6.68. The van der Waals surface area contributed by atoms with Crippen molar-refractivity contribution in [2.24, 2.45) is 5.92 Å². The molecule has 1 atom stereocenters. The van der Waals surface area contributed by atoms with Crippen molar-refractivity contribution in [2.75, 3.05) is 6.61 Å². The van der Waals surface area contributed by atoms with Gasteiger partial charge in [-0.1, -0.05) is 12.8 Å². The molecule has 11 heavy (non-hydrogen) atoms. The third kappa shape index (κ3) is 0.954. The number of rotatable bonds is 0. The molecule has 2 aliphatic rings. The second kappa shape index (κ2) is 2.49. The van der Waals surface area contributed by atoms with Crippen LogP contribution >= 0.6 is 0 Å². The van der Waals surface area contributed by atoms with Gasteiger partial charge in [-0.25, -0.2) is 0 Å². The molecule has 60 valence electrons. The van der Waals surface area contributed by atoms with Gasteiger partial charge in [0.2, 0.25) is 0 Å². The fraction of sp³-hybridized carbons (Fsp3) is 0.889. The van der Waals surface area contributed by atoms with Gasteiger partial charge in [-0.15, -0.1) is 0 Å². The molecule has 2 fully saturated rings. The van der Waals surface area contributed by atoms with E-state index >= 15 is 0 Å². The van der Waals surface area contributed by atoms with Crippen molar-refractivity contribution in [3.05, 3.63) is 0 Å². The van der Waals surface area contributed by atoms with Crippen LogP contribution in [0.4, 0.5) is 0 Å². The van der Waals surface area contributed by atoms with Gasteiger partial charge in [-0.05, 0) is 19.3 Å². The Balaban J connectivity index is 2.17. The lowest BCUT2D eigenvalue weighted by atomic mass is 9.87. The molecule has 2 nitrogen and oxygen atoms in total. The summed E-state index contributed by atoms with van der Waals surface area (Å²) < 4.78 is 5.68. The van der Waals surface area contributed by atoms with Crippen molar-refractivity contribution in [1.29, 1.82) is 5.26 Å². The number of ether oxygens (including phenoxy) is 1. The van der Waals surface area contributed by atoms with Gasteiger partial charge in [-0.3, -0.25) is 0 Å². The topological polar surface area (TPSA) is 33.0 Å². The maximum absolute atomic E-state index is 8.86. The summed E-state index contributed by atoms with van der Waals surface area (Å²) in [5.41, 5.74) is -0.00521. The first-order valence-corrected chi connectivity index (χ1v) is 4.41. The summed E-state index contributed by atoms with van der Waals surface area (Å²) in [6.45, 7) is 0.804. The van der Waals surface area contributed by atoms with Crippen molar-refractivity contribution < 1.29 is 4.74 Å². The molecule has 0 aromatic heterocycles. The lowest BCUT2D eigenvalue weighted by Crippen LogP contribution is -2.30. The van der Waals surface area contributed by atoms with Crippen molar-refractivity contribution in [3.63, 3.8) is 0 Å². The molecule has 1 saturated carbocycles. The average Bonchev–Trinajstić information content (AvgIpc) is 2.62. The smallest absolute Gasteiger partial charge is 0.0840 e. The van der Waals surface area contributed by atoms with Gasteiger partial charge < -0.3 is 4.74 Å². The molecule has 1 saturated heterocycles. The third-order valence-corrected chi connectivity index (χ3v) is 3.04. The van der Waals surface area contributed by atoms with Crippen molar-refractivity contribution >= 4 is 0 Å². The van der Waals surface area contributed by atoms with Crippen molar-refractivity contribution in [1.82, 2.24) is 0 Å². The van der Waals surface area contributed by atoms with E-state index in [2.05, 4.69) is 6.07 Å². The minimum Gasteiger partial charge on any atom is -0.374 e. The second-order valence-corrected chi connectivity index (χ2v) is 3.59. The van der Waals surface area contributed by atoms with Gasteiger partial charge in [-0.2, -0.15) is 5.26 Å². The standard InChI is InChI=1S/C9H13NO/c10-7-8-3-6-11-9(8)4-1-2-5-9/h8H,1-6H2. The molecule has 0 N–H and O–H groups in total. The van der Waals surface area contributed by atoms with Crippen LogP contribution in [-0.2, 0) is 4.74 Å². The highest BCUT2D eigenvalue weighted by molar-refractivity contribution is 5.05. The fourth-order valence-electron chi connectivity index (χ4n) is 2.39. The van der Waals surface area contributed by atoms with E-state index in [4.69, 9.17) is 10.00 Å². The molecule has 1 aliphatic carbocycles. The van der Waals surface area contributed by atoms with E-state index in [1.54, 1.807) is 0 Å². The Morgan fingerprint density at radius 3 is 2.73 bits per heavy atom. The Kier molecular flexibility index (Phi) is 1.61. The lowest BCUT2D eigenvalue weighted by Gasteiger charge is -2.24. The van der Waals surface area contributed by atoms with Crippen LogP contribution in [0.5, 0.6) is 0 Å². The van der Waals surface area contributed by atoms with Crippen LogP contribution in [0.2, 0.25) is 0 Å². The zero-order valence-electron chi connectivity index (χ0n) is 6.68. The van der Waals surface area contributed by atoms with Gasteiger partial charge in [0.15, 0.2) is 0 Å². The maximum atomic E-state index is 8.86. The summed E-state index contributed by atoms with van der Waals surface area (Å²) in [6.07, 6.45) is 5.68. The molecule has 2 heteroatoms. The number of hydrogen-bond donors (Lipinski definition) is 0. The normalized spacial score (nSPS) is 34.3. The van der Waals surface area contributed by atoms with Gasteiger partial charge in [0, 0.05) is 6.61 Å². The lowest BCUT2D eigenvalue weighted by molar-refractivity contribution is -0.00408. The fourth-order valence-corrected chi connectivity index (χ4v) is 2.39. The minimum atomic E-state index is -0.00521. The monoisotopic (exact) mass is 151 g/mol. The van der Waals surface area contributed by atoms with E-state index in [0.717, 1.165) is 25.9 Å². The Labute approximate surface area is 67.2 Å². The van der Waals surface area contributed by atoms with Crippen LogP contribution in [0.1, 0.15) is 32.1 Å². The SMILES string of the molecule is N#CC1CCOC12CCCC2. The van der Waals surface area contributed by atoms with E-state index < -0.39 is 0 Å². The Bertz CT molecular complexity index is 183. The van der Waals surface area contributed by atoms with Gasteiger partial charge in [0.05, 0.1) is 17.6 Å². The molecule has 1 spiro atoms. The van der Waals surface area contributed by atoms with Gasteiger partial charge >= 0.3 is 0 Å². The highest BCUT2D eigenvalue weighted by Gasteiger charge is 2.46. The molecule has 1 unspecified atom stereocenters. The molecular formula is C9H13NO. The van der Waals surface area contributed by atoms with Gasteiger partial charge in [0.25, 0.3) is 0 Å². The van der Waals surface area contributed by atoms with Crippen LogP contribution in [0.15, 0.2) is 0 Å². The van der Waals surface area contributed by atoms with E-state index in [-0.39, 0.29) is 11.5 Å². The van der Waals surface area contributed by atoms with E-state index in [1.807, 2.05) is 0 Å². The highest BCUT2D eigenvalue weighted by atomic mass is 16.5. The molecule has 1 heterocycles. The number of nitriles is 1. The summed E-state index contributed by atoms with van der Waals surface area (Å²) in [5.74, 6) is 0.185. The van der Waals surface area contributed by atoms with E-state index in [9.17, 15) is 0 Å². The second-order valence-electron chi connectivity index (χ2n) is 3.59. The first-order valence-electron chi connectivity index (χ1n) is 4.41. The van der Waals surface area contributed by atoms with E-state index in [1.165, 1.54) is 12.8 Å². The van der Waals surface area contributed by atoms with Gasteiger partial charge in [0.1, 0.15) is 0 Å². The van der Waals surface area contributed by atoms with Crippen LogP contribution < -0.4 is 0 Å². The maximum Gasteiger partial charge on any atom is 0.0840 e. The minimum absolute atomic E-state index is 0.00521. The van der Waals surface area contributed by atoms with Crippen molar-refractivity contribution in [2.45, 2.75) is 37.7 Å². The predicted octanol–water partition coefficient (Wildman–Crippen LogP) is 1.86. The average molecular weight is 151 g/mol. The molecule has 2 rings (SSSR count). The Hall–Kier alpha value is -0.550. The van der Waals surface area contributed by atoms with E-state index in [0.29, 0.717) is 0 Å². The Morgan fingerprint density at radius 1 is 1.36 bits per heavy atom. The van der Waals surface area contributed by atoms with Crippen LogP contribution in [0.25, 0.3) is 0 Å². The molecule has 0 bridgehead atoms. The molecule has 1 aliphatic heterocycles. The Morgan fingerprint density at radius 2 is 2.09 bits per heavy atom. The highest BCUT2D eigenvalue weighted by Crippen LogP contribution is 2.44. The first-order chi connectivity index (χ1) is 5.37. The van der Waals surface area contributed by atoms with Crippen LogP contribution in [-0.4, -0.2) is 12.2 Å². The molecular weight excluding hydrogens is 138 g/mol. The molecule has 0 amide bonds. The molecule has 0 aromatic carbocycles. The summed E-state index contributed by atoms with van der Waals surface area (Å²) >= 11 is 0.